The second-order valence-electron chi connectivity index (χ2n) is 5.63. The summed E-state index contributed by atoms with van der Waals surface area (Å²) in [5.74, 6) is -0.473. The average Bonchev–Trinajstić information content (AvgIpc) is 2.52. The summed E-state index contributed by atoms with van der Waals surface area (Å²) >= 11 is 0. The van der Waals surface area contributed by atoms with Crippen LogP contribution in [0.25, 0.3) is 0 Å². The molecule has 0 saturated heterocycles. The van der Waals surface area contributed by atoms with E-state index in [0.717, 1.165) is 25.3 Å². The third kappa shape index (κ3) is 5.71. The van der Waals surface area contributed by atoms with Crippen molar-refractivity contribution in [3.8, 4) is 0 Å². The molecule has 1 aromatic carbocycles. The highest BCUT2D eigenvalue weighted by molar-refractivity contribution is 5.93. The number of carbonyl (C=O) groups excluding carboxylic acids is 1. The summed E-state index contributed by atoms with van der Waals surface area (Å²) in [5, 5.41) is 5.30. The lowest BCUT2D eigenvalue weighted by Crippen LogP contribution is -2.29. The lowest BCUT2D eigenvalue weighted by molar-refractivity contribution is -0.137. The van der Waals surface area contributed by atoms with Gasteiger partial charge in [0.2, 0.25) is 5.91 Å². The first-order chi connectivity index (χ1) is 11.0. The highest BCUT2D eigenvalue weighted by Gasteiger charge is 2.33. The molecule has 23 heavy (non-hydrogen) atoms. The van der Waals surface area contributed by atoms with E-state index in [1.165, 1.54) is 36.6 Å². The summed E-state index contributed by atoms with van der Waals surface area (Å²) in [6, 6.07) is 4.98. The molecule has 0 aliphatic heterocycles. The van der Waals surface area contributed by atoms with Crippen molar-refractivity contribution < 1.29 is 18.0 Å². The summed E-state index contributed by atoms with van der Waals surface area (Å²) < 4.78 is 38.5. The second-order valence-corrected chi connectivity index (χ2v) is 5.63. The molecule has 0 atom stereocenters. The number of halogens is 3. The fraction of sp³-hybridized carbons (Fsp3) is 0.471. The molecular formula is C17H21F3N2O. The van der Waals surface area contributed by atoms with E-state index in [1.54, 1.807) is 0 Å². The molecule has 0 heterocycles. The molecule has 0 bridgehead atoms. The molecule has 6 heteroatoms. The van der Waals surface area contributed by atoms with E-state index in [4.69, 9.17) is 0 Å². The minimum Gasteiger partial charge on any atom is -0.324 e. The molecule has 126 valence electrons. The quantitative estimate of drug-likeness (QED) is 0.610. The molecular weight excluding hydrogens is 305 g/mol. The van der Waals surface area contributed by atoms with Gasteiger partial charge in [0.15, 0.2) is 0 Å². The Balaban J connectivity index is 1.78. The first kappa shape index (κ1) is 17.5. The molecule has 0 radical (unpaired) electrons. The van der Waals surface area contributed by atoms with E-state index < -0.39 is 17.6 Å². The number of benzene rings is 1. The largest absolute Gasteiger partial charge is 0.418 e. The van der Waals surface area contributed by atoms with E-state index in [2.05, 4.69) is 16.7 Å². The minimum absolute atomic E-state index is 0.000524. The van der Waals surface area contributed by atoms with Gasteiger partial charge in [0.25, 0.3) is 0 Å². The van der Waals surface area contributed by atoms with Crippen LogP contribution in [0.1, 0.15) is 37.7 Å². The van der Waals surface area contributed by atoms with E-state index in [1.807, 2.05) is 0 Å². The Morgan fingerprint density at radius 1 is 1.17 bits per heavy atom. The monoisotopic (exact) mass is 326 g/mol. The summed E-state index contributed by atoms with van der Waals surface area (Å²) in [5.41, 5.74) is 0.356. The second kappa shape index (κ2) is 8.15. The Morgan fingerprint density at radius 2 is 1.96 bits per heavy atom. The average molecular weight is 326 g/mol. The first-order valence-electron chi connectivity index (χ1n) is 7.81. The van der Waals surface area contributed by atoms with Gasteiger partial charge in [0.05, 0.1) is 17.8 Å². The van der Waals surface area contributed by atoms with Gasteiger partial charge in [-0.2, -0.15) is 13.2 Å². The van der Waals surface area contributed by atoms with Crippen LogP contribution in [-0.2, 0) is 11.0 Å². The number of para-hydroxylation sites is 1. The normalized spacial score (nSPS) is 15.2. The summed E-state index contributed by atoms with van der Waals surface area (Å²) in [4.78, 5) is 11.8. The third-order valence-electron chi connectivity index (χ3n) is 3.80. The molecule has 1 aromatic rings. The number of anilines is 1. The Hall–Kier alpha value is -1.82. The first-order valence-corrected chi connectivity index (χ1v) is 7.81. The maximum atomic E-state index is 12.8. The van der Waals surface area contributed by atoms with E-state index in [9.17, 15) is 18.0 Å². The van der Waals surface area contributed by atoms with Gasteiger partial charge in [-0.3, -0.25) is 4.79 Å². The zero-order chi connectivity index (χ0) is 16.7. The van der Waals surface area contributed by atoms with Crippen LogP contribution in [0.5, 0.6) is 0 Å². The van der Waals surface area contributed by atoms with Gasteiger partial charge in [-0.15, -0.1) is 0 Å². The number of rotatable bonds is 6. The van der Waals surface area contributed by atoms with Crippen molar-refractivity contribution in [3.05, 3.63) is 41.5 Å². The number of carbonyl (C=O) groups is 1. The highest BCUT2D eigenvalue weighted by atomic mass is 19.4. The third-order valence-corrected chi connectivity index (χ3v) is 3.80. The number of nitrogens with one attached hydrogen (secondary N) is 2. The lowest BCUT2D eigenvalue weighted by atomic mass is 9.97. The van der Waals surface area contributed by atoms with Crippen molar-refractivity contribution >= 4 is 11.6 Å². The summed E-state index contributed by atoms with van der Waals surface area (Å²) in [6.45, 7) is 0.652. The van der Waals surface area contributed by atoms with Gasteiger partial charge in [-0.25, -0.2) is 0 Å². The predicted octanol–water partition coefficient (Wildman–Crippen LogP) is 4.12. The minimum atomic E-state index is -4.48. The number of allylic oxidation sites excluding steroid dienone is 1. The summed E-state index contributed by atoms with van der Waals surface area (Å²) in [6.07, 6.45) is 3.30. The van der Waals surface area contributed by atoms with Crippen molar-refractivity contribution in [3.63, 3.8) is 0 Å². The van der Waals surface area contributed by atoms with Crippen molar-refractivity contribution in [1.82, 2.24) is 5.32 Å². The molecule has 0 unspecified atom stereocenters. The molecule has 0 fully saturated rings. The van der Waals surface area contributed by atoms with Crippen LogP contribution in [-0.4, -0.2) is 19.0 Å². The van der Waals surface area contributed by atoms with Crippen molar-refractivity contribution in [2.75, 3.05) is 18.4 Å². The fourth-order valence-electron chi connectivity index (χ4n) is 2.62. The Kier molecular flexibility index (Phi) is 6.21. The number of hydrogen-bond donors (Lipinski definition) is 2. The zero-order valence-corrected chi connectivity index (χ0v) is 12.9. The standard InChI is InChI=1S/C17H21F3N2O/c18-17(19,20)14-8-4-5-9-15(14)22-16(23)12-21-11-10-13-6-2-1-3-7-13/h4-6,8-9,21H,1-3,7,10-12H2,(H,22,23). The summed E-state index contributed by atoms with van der Waals surface area (Å²) in [7, 11) is 0. The maximum absolute atomic E-state index is 12.8. The van der Waals surface area contributed by atoms with Crippen LogP contribution in [0, 0.1) is 0 Å². The van der Waals surface area contributed by atoms with Gasteiger partial charge >= 0.3 is 6.18 Å². The molecule has 2 rings (SSSR count). The molecule has 1 aliphatic carbocycles. The molecule has 3 nitrogen and oxygen atoms in total. The molecule has 0 spiro atoms. The molecule has 0 aromatic heterocycles. The smallest absolute Gasteiger partial charge is 0.324 e. The van der Waals surface area contributed by atoms with Gasteiger partial charge < -0.3 is 10.6 Å². The SMILES string of the molecule is O=C(CNCCC1=CCCCC1)Nc1ccccc1C(F)(F)F. The van der Waals surface area contributed by atoms with Crippen LogP contribution >= 0.6 is 0 Å². The van der Waals surface area contributed by atoms with Crippen LogP contribution in [0.15, 0.2) is 35.9 Å². The number of hydrogen-bond acceptors (Lipinski definition) is 2. The Labute approximate surface area is 134 Å². The molecule has 1 amide bonds. The molecule has 2 N–H and O–H groups in total. The Bertz CT molecular complexity index is 567. The van der Waals surface area contributed by atoms with Crippen LogP contribution < -0.4 is 10.6 Å². The van der Waals surface area contributed by atoms with Gasteiger partial charge in [0, 0.05) is 0 Å². The van der Waals surface area contributed by atoms with Crippen LogP contribution in [0.4, 0.5) is 18.9 Å². The fourth-order valence-corrected chi connectivity index (χ4v) is 2.62. The van der Waals surface area contributed by atoms with Gasteiger partial charge in [-0.05, 0) is 50.8 Å². The van der Waals surface area contributed by atoms with E-state index >= 15 is 0 Å². The predicted molar refractivity (Wildman–Crippen MR) is 84.1 cm³/mol. The lowest BCUT2D eigenvalue weighted by Gasteiger charge is -2.14. The van der Waals surface area contributed by atoms with Crippen molar-refractivity contribution in [2.24, 2.45) is 0 Å². The van der Waals surface area contributed by atoms with Gasteiger partial charge in [-0.1, -0.05) is 23.8 Å². The number of alkyl halides is 3. The highest BCUT2D eigenvalue weighted by Crippen LogP contribution is 2.34. The topological polar surface area (TPSA) is 41.1 Å². The molecule has 1 aliphatic rings. The maximum Gasteiger partial charge on any atom is 0.418 e. The molecule has 0 saturated carbocycles. The van der Waals surface area contributed by atoms with Crippen LogP contribution in [0.2, 0.25) is 0 Å². The van der Waals surface area contributed by atoms with E-state index in [-0.39, 0.29) is 12.2 Å². The van der Waals surface area contributed by atoms with Crippen molar-refractivity contribution in [2.45, 2.75) is 38.3 Å². The number of amides is 1. The van der Waals surface area contributed by atoms with Crippen LogP contribution in [0.3, 0.4) is 0 Å². The van der Waals surface area contributed by atoms with E-state index in [0.29, 0.717) is 6.54 Å². The van der Waals surface area contributed by atoms with Gasteiger partial charge in [0.1, 0.15) is 0 Å². The van der Waals surface area contributed by atoms with Crippen molar-refractivity contribution in [1.29, 1.82) is 0 Å². The zero-order valence-electron chi connectivity index (χ0n) is 12.9. The Morgan fingerprint density at radius 3 is 2.65 bits per heavy atom.